The number of aromatic nitrogens is 1. The van der Waals surface area contributed by atoms with Crippen molar-refractivity contribution in [3.8, 4) is 5.69 Å². The summed E-state index contributed by atoms with van der Waals surface area (Å²) in [6.07, 6.45) is 7.67. The summed E-state index contributed by atoms with van der Waals surface area (Å²) in [5.41, 5.74) is 16.4. The Labute approximate surface area is 231 Å². The second-order valence-corrected chi connectivity index (χ2v) is 12.9. The summed E-state index contributed by atoms with van der Waals surface area (Å²) in [5, 5.41) is 2.78. The molecule has 0 amide bonds. The van der Waals surface area contributed by atoms with Gasteiger partial charge in [-0.05, 0) is 91.8 Å². The molecule has 0 bridgehead atoms. The van der Waals surface area contributed by atoms with Crippen molar-refractivity contribution in [3.63, 3.8) is 0 Å². The molecular weight excluding hydrogens is 471 g/mol. The van der Waals surface area contributed by atoms with Crippen molar-refractivity contribution in [1.82, 2.24) is 4.57 Å². The fourth-order valence-corrected chi connectivity index (χ4v) is 10.0. The van der Waals surface area contributed by atoms with Crippen LogP contribution in [0.25, 0.3) is 27.5 Å². The van der Waals surface area contributed by atoms with Crippen LogP contribution in [-0.4, -0.2) is 16.8 Å². The van der Waals surface area contributed by atoms with Gasteiger partial charge in [0, 0.05) is 38.8 Å². The summed E-state index contributed by atoms with van der Waals surface area (Å²) in [6, 6.07) is 26.5. The third-order valence-electron chi connectivity index (χ3n) is 11.4. The maximum Gasteiger partial charge on any atom is 0.252 e. The van der Waals surface area contributed by atoms with Gasteiger partial charge in [-0.15, -0.1) is 0 Å². The lowest BCUT2D eigenvalue weighted by atomic mass is 9.33. The standard InChI is InChI=1S/C36H35BN2/c1-5-35-17-7-8-18-36(35,6-2)39-31-14-10-13-30-32(31)37(27-12-9-11-26(35)34(27)39)28-21-23(4)20-25-24-19-22(3)15-16-29(24)38(30)33(25)28/h9-16,19-21H,5-8,17-18H2,1-4H3. The molecule has 2 atom stereocenters. The van der Waals surface area contributed by atoms with E-state index >= 15 is 0 Å². The van der Waals surface area contributed by atoms with Gasteiger partial charge in [0.2, 0.25) is 0 Å². The van der Waals surface area contributed by atoms with Gasteiger partial charge in [0.25, 0.3) is 6.71 Å². The van der Waals surface area contributed by atoms with Gasteiger partial charge < -0.3 is 9.47 Å². The molecule has 1 aromatic heterocycles. The summed E-state index contributed by atoms with van der Waals surface area (Å²) >= 11 is 0. The molecule has 9 rings (SSSR count). The predicted molar refractivity (Wildman–Crippen MR) is 167 cm³/mol. The van der Waals surface area contributed by atoms with E-state index in [0.717, 1.165) is 0 Å². The molecular formula is C36H35BN2. The Morgan fingerprint density at radius 2 is 1.56 bits per heavy atom. The van der Waals surface area contributed by atoms with Crippen LogP contribution in [0.2, 0.25) is 0 Å². The lowest BCUT2D eigenvalue weighted by molar-refractivity contribution is 0.147. The number of anilines is 2. The van der Waals surface area contributed by atoms with Crippen LogP contribution in [0, 0.1) is 13.8 Å². The first kappa shape index (κ1) is 22.4. The predicted octanol–water partition coefficient (Wildman–Crippen LogP) is 7.07. The summed E-state index contributed by atoms with van der Waals surface area (Å²) in [5.74, 6) is 0. The van der Waals surface area contributed by atoms with Gasteiger partial charge in [-0.3, -0.25) is 0 Å². The van der Waals surface area contributed by atoms with E-state index < -0.39 is 0 Å². The summed E-state index contributed by atoms with van der Waals surface area (Å²) in [7, 11) is 0. The molecule has 4 aliphatic rings. The largest absolute Gasteiger partial charge is 0.335 e. The average Bonchev–Trinajstić information content (AvgIpc) is 3.42. The first-order valence-corrected chi connectivity index (χ1v) is 15.2. The number of hydrogen-bond donors (Lipinski definition) is 0. The molecule has 2 nitrogen and oxygen atoms in total. The van der Waals surface area contributed by atoms with Gasteiger partial charge in [-0.1, -0.05) is 74.2 Å². The molecule has 4 aromatic carbocycles. The maximum absolute atomic E-state index is 2.89. The molecule has 3 aliphatic heterocycles. The Bertz CT molecular complexity index is 1900. The van der Waals surface area contributed by atoms with Crippen LogP contribution in [0.15, 0.2) is 66.7 Å². The number of fused-ring (bicyclic) bond motifs is 10. The number of benzene rings is 4. The van der Waals surface area contributed by atoms with E-state index in [1.807, 2.05) is 0 Å². The molecule has 0 radical (unpaired) electrons. The molecule has 39 heavy (non-hydrogen) atoms. The van der Waals surface area contributed by atoms with E-state index in [1.165, 1.54) is 99.2 Å². The van der Waals surface area contributed by atoms with Crippen molar-refractivity contribution in [1.29, 1.82) is 0 Å². The zero-order valence-electron chi connectivity index (χ0n) is 23.6. The van der Waals surface area contributed by atoms with E-state index in [2.05, 4.69) is 104 Å². The van der Waals surface area contributed by atoms with Crippen LogP contribution in [0.5, 0.6) is 0 Å². The van der Waals surface area contributed by atoms with Crippen LogP contribution in [-0.2, 0) is 5.41 Å². The Balaban J connectivity index is 1.48. The molecule has 192 valence electrons. The quantitative estimate of drug-likeness (QED) is 0.228. The monoisotopic (exact) mass is 506 g/mol. The maximum atomic E-state index is 2.89. The van der Waals surface area contributed by atoms with Gasteiger partial charge in [0.05, 0.1) is 11.1 Å². The fraction of sp³-hybridized carbons (Fsp3) is 0.333. The van der Waals surface area contributed by atoms with E-state index in [9.17, 15) is 0 Å². The van der Waals surface area contributed by atoms with Crippen molar-refractivity contribution in [2.24, 2.45) is 0 Å². The number of hydrogen-bond acceptors (Lipinski definition) is 1. The Hall–Kier alpha value is -3.46. The molecule has 0 saturated heterocycles. The fourth-order valence-electron chi connectivity index (χ4n) is 10.0. The Morgan fingerprint density at radius 1 is 0.769 bits per heavy atom. The smallest absolute Gasteiger partial charge is 0.252 e. The van der Waals surface area contributed by atoms with E-state index in [0.29, 0.717) is 0 Å². The third kappa shape index (κ3) is 2.32. The second kappa shape index (κ2) is 7.19. The highest BCUT2D eigenvalue weighted by Crippen LogP contribution is 2.64. The molecule has 5 aromatic rings. The molecule has 2 unspecified atom stereocenters. The van der Waals surface area contributed by atoms with Crippen LogP contribution in [0.1, 0.15) is 69.1 Å². The van der Waals surface area contributed by atoms with Crippen LogP contribution in [0.3, 0.4) is 0 Å². The molecule has 3 heteroatoms. The molecule has 1 fully saturated rings. The molecule has 1 saturated carbocycles. The van der Waals surface area contributed by atoms with Crippen LogP contribution in [0.4, 0.5) is 11.4 Å². The van der Waals surface area contributed by atoms with Crippen molar-refractivity contribution in [3.05, 3.63) is 83.4 Å². The highest BCUT2D eigenvalue weighted by molar-refractivity contribution is 7.00. The first-order valence-electron chi connectivity index (χ1n) is 15.2. The Kier molecular flexibility index (Phi) is 4.12. The number of aryl methyl sites for hydroxylation is 2. The lowest BCUT2D eigenvalue weighted by Gasteiger charge is -2.55. The number of rotatable bonds is 2. The van der Waals surface area contributed by atoms with Gasteiger partial charge >= 0.3 is 0 Å². The normalized spacial score (nSPS) is 23.8. The second-order valence-electron chi connectivity index (χ2n) is 12.9. The highest BCUT2D eigenvalue weighted by atomic mass is 15.3. The average molecular weight is 507 g/mol. The van der Waals surface area contributed by atoms with Crippen molar-refractivity contribution >= 4 is 56.3 Å². The Morgan fingerprint density at radius 3 is 2.41 bits per heavy atom. The zero-order valence-corrected chi connectivity index (χ0v) is 23.6. The third-order valence-corrected chi connectivity index (χ3v) is 11.4. The minimum Gasteiger partial charge on any atom is -0.335 e. The number of nitrogens with zero attached hydrogens (tertiary/aromatic N) is 2. The van der Waals surface area contributed by atoms with E-state index in [-0.39, 0.29) is 17.7 Å². The number of para-hydroxylation sites is 1. The minimum atomic E-state index is 0.149. The molecule has 0 spiro atoms. The summed E-state index contributed by atoms with van der Waals surface area (Å²) in [6.45, 7) is 9.70. The summed E-state index contributed by atoms with van der Waals surface area (Å²) in [4.78, 5) is 2.89. The van der Waals surface area contributed by atoms with Crippen LogP contribution >= 0.6 is 0 Å². The van der Waals surface area contributed by atoms with E-state index in [1.54, 1.807) is 11.3 Å². The lowest BCUT2D eigenvalue weighted by Crippen LogP contribution is -2.65. The topological polar surface area (TPSA) is 8.17 Å². The molecule has 4 heterocycles. The van der Waals surface area contributed by atoms with Crippen molar-refractivity contribution < 1.29 is 0 Å². The first-order chi connectivity index (χ1) is 19.0. The summed E-state index contributed by atoms with van der Waals surface area (Å²) < 4.78 is 2.60. The van der Waals surface area contributed by atoms with Gasteiger partial charge in [0.15, 0.2) is 0 Å². The van der Waals surface area contributed by atoms with Gasteiger partial charge in [-0.2, -0.15) is 0 Å². The minimum absolute atomic E-state index is 0.149. The van der Waals surface area contributed by atoms with Crippen molar-refractivity contribution in [2.75, 3.05) is 4.90 Å². The highest BCUT2D eigenvalue weighted by Gasteiger charge is 2.63. The van der Waals surface area contributed by atoms with Gasteiger partial charge in [-0.25, -0.2) is 0 Å². The van der Waals surface area contributed by atoms with Crippen LogP contribution < -0.4 is 21.3 Å². The van der Waals surface area contributed by atoms with Gasteiger partial charge in [0.1, 0.15) is 0 Å². The van der Waals surface area contributed by atoms with E-state index in [4.69, 9.17) is 0 Å². The zero-order chi connectivity index (χ0) is 26.3. The molecule has 0 N–H and O–H groups in total. The molecule has 1 aliphatic carbocycles. The SMILES string of the molecule is CCC12CCCCC1(CC)N1c3cccc4c3B(c3cccc2c31)c1cc(C)cc2c3cc(C)ccc3n-4c12. The van der Waals surface area contributed by atoms with Crippen molar-refractivity contribution in [2.45, 2.75) is 77.2 Å².